The van der Waals surface area contributed by atoms with Gasteiger partial charge >= 0.3 is 0 Å². The molecule has 0 aromatic carbocycles. The Hall–Kier alpha value is -1.66. The number of aliphatic imine (C=N–C) groups is 1. The predicted molar refractivity (Wildman–Crippen MR) is 123 cm³/mol. The molecule has 10 heteroatoms. The minimum atomic E-state index is -1.10. The normalized spacial score (nSPS) is 13.7. The van der Waals surface area contributed by atoms with E-state index in [0.717, 1.165) is 29.4 Å². The topological polar surface area (TPSA) is 110 Å². The van der Waals surface area contributed by atoms with Crippen molar-refractivity contribution in [2.45, 2.75) is 46.3 Å². The van der Waals surface area contributed by atoms with Crippen LogP contribution in [0.3, 0.4) is 0 Å². The van der Waals surface area contributed by atoms with Gasteiger partial charge in [0, 0.05) is 32.9 Å². The van der Waals surface area contributed by atoms with Crippen molar-refractivity contribution in [3.63, 3.8) is 0 Å². The summed E-state index contributed by atoms with van der Waals surface area (Å²) in [5.41, 5.74) is -0.335. The number of furan rings is 1. The van der Waals surface area contributed by atoms with Crippen molar-refractivity contribution < 1.29 is 14.3 Å². The van der Waals surface area contributed by atoms with Crippen molar-refractivity contribution >= 4 is 29.9 Å². The molecule has 1 unspecified atom stereocenters. The summed E-state index contributed by atoms with van der Waals surface area (Å²) in [7, 11) is 3.59. The predicted octanol–water partition coefficient (Wildman–Crippen LogP) is 1.93. The number of hydrogen-bond acceptors (Lipinski definition) is 6. The molecular formula is C19H33IN6O3. The molecule has 0 spiro atoms. The van der Waals surface area contributed by atoms with Crippen LogP contribution in [-0.2, 0) is 23.9 Å². The van der Waals surface area contributed by atoms with Gasteiger partial charge in [-0.25, -0.2) is 4.99 Å². The SMILES string of the molecule is COCCCNC(=NCc1nnc(C)n1C)NCC(C)(O)c1cc(C)oc1C.I. The van der Waals surface area contributed by atoms with Crippen LogP contribution in [-0.4, -0.2) is 52.6 Å². The number of aromatic nitrogens is 3. The molecule has 0 saturated carbocycles. The Morgan fingerprint density at radius 2 is 2.03 bits per heavy atom. The monoisotopic (exact) mass is 520 g/mol. The lowest BCUT2D eigenvalue weighted by molar-refractivity contribution is 0.0601. The Balaban J connectivity index is 0.00000420. The van der Waals surface area contributed by atoms with Crippen molar-refractivity contribution in [1.29, 1.82) is 0 Å². The zero-order valence-corrected chi connectivity index (χ0v) is 20.4. The van der Waals surface area contributed by atoms with Gasteiger partial charge in [0.2, 0.25) is 0 Å². The number of aliphatic hydroxyl groups is 1. The van der Waals surface area contributed by atoms with Gasteiger partial charge in [-0.3, -0.25) is 0 Å². The smallest absolute Gasteiger partial charge is 0.191 e. The van der Waals surface area contributed by atoms with Gasteiger partial charge in [0.05, 0.1) is 6.54 Å². The fraction of sp³-hybridized carbons (Fsp3) is 0.632. The van der Waals surface area contributed by atoms with Crippen molar-refractivity contribution in [3.05, 3.63) is 34.8 Å². The molecule has 29 heavy (non-hydrogen) atoms. The minimum Gasteiger partial charge on any atom is -0.466 e. The molecule has 0 aliphatic carbocycles. The summed E-state index contributed by atoms with van der Waals surface area (Å²) in [5.74, 6) is 3.68. The number of hydrogen-bond donors (Lipinski definition) is 3. The number of rotatable bonds is 9. The molecule has 0 saturated heterocycles. The molecule has 3 N–H and O–H groups in total. The maximum atomic E-state index is 10.9. The highest BCUT2D eigenvalue weighted by Gasteiger charge is 2.28. The molecular weight excluding hydrogens is 487 g/mol. The van der Waals surface area contributed by atoms with E-state index in [1.807, 2.05) is 38.5 Å². The zero-order chi connectivity index (χ0) is 20.7. The first-order valence-corrected chi connectivity index (χ1v) is 9.40. The Labute approximate surface area is 189 Å². The number of nitrogens with one attached hydrogen (secondary N) is 2. The van der Waals surface area contributed by atoms with Crippen molar-refractivity contribution in [1.82, 2.24) is 25.4 Å². The minimum absolute atomic E-state index is 0. The highest BCUT2D eigenvalue weighted by molar-refractivity contribution is 14.0. The van der Waals surface area contributed by atoms with Crippen LogP contribution < -0.4 is 10.6 Å². The summed E-state index contributed by atoms with van der Waals surface area (Å²) >= 11 is 0. The molecule has 2 rings (SSSR count). The van der Waals surface area contributed by atoms with Gasteiger partial charge in [0.25, 0.3) is 0 Å². The summed E-state index contributed by atoms with van der Waals surface area (Å²) < 4.78 is 12.5. The summed E-state index contributed by atoms with van der Waals surface area (Å²) in [6.45, 7) is 9.39. The maximum Gasteiger partial charge on any atom is 0.191 e. The Kier molecular flexibility index (Phi) is 10.1. The molecule has 0 aliphatic rings. The van der Waals surface area contributed by atoms with E-state index in [1.54, 1.807) is 14.0 Å². The fourth-order valence-electron chi connectivity index (χ4n) is 2.85. The number of nitrogens with zero attached hydrogens (tertiary/aromatic N) is 4. The number of guanidine groups is 1. The van der Waals surface area contributed by atoms with Gasteiger partial charge in [0.1, 0.15) is 29.5 Å². The molecule has 0 amide bonds. The fourth-order valence-corrected chi connectivity index (χ4v) is 2.85. The van der Waals surface area contributed by atoms with Crippen LogP contribution >= 0.6 is 24.0 Å². The van der Waals surface area contributed by atoms with Gasteiger partial charge in [-0.1, -0.05) is 0 Å². The third kappa shape index (κ3) is 7.27. The van der Waals surface area contributed by atoms with E-state index in [4.69, 9.17) is 9.15 Å². The van der Waals surface area contributed by atoms with Crippen LogP contribution in [0.25, 0.3) is 0 Å². The first-order valence-electron chi connectivity index (χ1n) is 9.40. The van der Waals surface area contributed by atoms with Gasteiger partial charge in [-0.2, -0.15) is 0 Å². The standard InChI is InChI=1S/C19H32N6O3.HI/c1-13-10-16(14(2)28-13)19(4,26)12-22-18(20-8-7-9-27-6)21-11-17-24-23-15(3)25(17)5;/h10,26H,7-9,11-12H2,1-6H3,(H2,20,21,22);1H. The number of halogens is 1. The summed E-state index contributed by atoms with van der Waals surface area (Å²) in [6, 6.07) is 1.86. The van der Waals surface area contributed by atoms with Gasteiger partial charge in [-0.05, 0) is 40.2 Å². The molecule has 0 bridgehead atoms. The highest BCUT2D eigenvalue weighted by Crippen LogP contribution is 2.26. The van der Waals surface area contributed by atoms with Gasteiger partial charge in [-0.15, -0.1) is 34.2 Å². The molecule has 0 aliphatic heterocycles. The third-order valence-electron chi connectivity index (χ3n) is 4.60. The molecule has 9 nitrogen and oxygen atoms in total. The summed E-state index contributed by atoms with van der Waals surface area (Å²) in [6.07, 6.45) is 0.844. The lowest BCUT2D eigenvalue weighted by atomic mass is 9.96. The number of aryl methyl sites for hydroxylation is 3. The Bertz CT molecular complexity index is 800. The Morgan fingerprint density at radius 3 is 2.59 bits per heavy atom. The number of ether oxygens (including phenoxy) is 1. The van der Waals surface area contributed by atoms with Crippen LogP contribution in [0.15, 0.2) is 15.5 Å². The van der Waals surface area contributed by atoms with E-state index in [0.29, 0.717) is 31.4 Å². The first kappa shape index (κ1) is 25.4. The Morgan fingerprint density at radius 1 is 1.31 bits per heavy atom. The van der Waals surface area contributed by atoms with E-state index in [-0.39, 0.29) is 30.5 Å². The molecule has 1 atom stereocenters. The maximum absolute atomic E-state index is 10.9. The van der Waals surface area contributed by atoms with Crippen LogP contribution in [0.5, 0.6) is 0 Å². The summed E-state index contributed by atoms with van der Waals surface area (Å²) in [5, 5.41) is 25.6. The average molecular weight is 520 g/mol. The molecule has 2 heterocycles. The summed E-state index contributed by atoms with van der Waals surface area (Å²) in [4.78, 5) is 4.59. The quantitative estimate of drug-likeness (QED) is 0.201. The van der Waals surface area contributed by atoms with Gasteiger partial charge < -0.3 is 29.5 Å². The van der Waals surface area contributed by atoms with E-state index >= 15 is 0 Å². The van der Waals surface area contributed by atoms with E-state index in [1.165, 1.54) is 0 Å². The second kappa shape index (κ2) is 11.5. The molecule has 0 radical (unpaired) electrons. The third-order valence-corrected chi connectivity index (χ3v) is 4.60. The number of methoxy groups -OCH3 is 1. The second-order valence-corrected chi connectivity index (χ2v) is 7.11. The van der Waals surface area contributed by atoms with E-state index in [9.17, 15) is 5.11 Å². The van der Waals surface area contributed by atoms with Crippen LogP contribution in [0.1, 0.15) is 42.1 Å². The molecule has 2 aromatic heterocycles. The van der Waals surface area contributed by atoms with Crippen LogP contribution in [0, 0.1) is 20.8 Å². The first-order chi connectivity index (χ1) is 13.2. The van der Waals surface area contributed by atoms with Crippen LogP contribution in [0.4, 0.5) is 0 Å². The molecule has 0 fully saturated rings. The molecule has 2 aromatic rings. The lowest BCUT2D eigenvalue weighted by Gasteiger charge is -2.24. The zero-order valence-electron chi connectivity index (χ0n) is 18.1. The lowest BCUT2D eigenvalue weighted by Crippen LogP contribution is -2.45. The van der Waals surface area contributed by atoms with E-state index in [2.05, 4.69) is 25.8 Å². The second-order valence-electron chi connectivity index (χ2n) is 7.11. The van der Waals surface area contributed by atoms with Crippen molar-refractivity contribution in [2.24, 2.45) is 12.0 Å². The van der Waals surface area contributed by atoms with Crippen LogP contribution in [0.2, 0.25) is 0 Å². The average Bonchev–Trinajstić information content (AvgIpc) is 3.15. The molecule has 164 valence electrons. The van der Waals surface area contributed by atoms with Crippen molar-refractivity contribution in [3.8, 4) is 0 Å². The van der Waals surface area contributed by atoms with Gasteiger partial charge in [0.15, 0.2) is 11.8 Å². The highest BCUT2D eigenvalue weighted by atomic mass is 127. The van der Waals surface area contributed by atoms with E-state index < -0.39 is 5.60 Å². The van der Waals surface area contributed by atoms with Crippen molar-refractivity contribution in [2.75, 3.05) is 26.8 Å². The largest absolute Gasteiger partial charge is 0.466 e.